The zero-order valence-corrected chi connectivity index (χ0v) is 21.4. The molecule has 1 heterocycles. The van der Waals surface area contributed by atoms with Gasteiger partial charge in [-0.05, 0) is 49.9 Å². The van der Waals surface area contributed by atoms with E-state index in [0.717, 1.165) is 11.3 Å². The van der Waals surface area contributed by atoms with E-state index in [-0.39, 0.29) is 30.6 Å². The van der Waals surface area contributed by atoms with Gasteiger partial charge >= 0.3 is 0 Å². The molecule has 2 aromatic carbocycles. The van der Waals surface area contributed by atoms with Crippen molar-refractivity contribution < 1.29 is 14.6 Å². The number of benzene rings is 2. The maximum Gasteiger partial charge on any atom is 0.258 e. The minimum absolute atomic E-state index is 0.0564. The van der Waals surface area contributed by atoms with Crippen molar-refractivity contribution in [2.24, 2.45) is 5.92 Å². The predicted octanol–water partition coefficient (Wildman–Crippen LogP) is 4.41. The van der Waals surface area contributed by atoms with Crippen LogP contribution in [0.3, 0.4) is 0 Å². The zero-order valence-electron chi connectivity index (χ0n) is 19.9. The predicted molar refractivity (Wildman–Crippen MR) is 135 cm³/mol. The van der Waals surface area contributed by atoms with Crippen LogP contribution in [0.2, 0.25) is 10.0 Å². The van der Waals surface area contributed by atoms with Gasteiger partial charge in [-0.1, -0.05) is 36.2 Å². The highest BCUT2D eigenvalue weighted by Crippen LogP contribution is 2.31. The van der Waals surface area contributed by atoms with E-state index in [0.29, 0.717) is 41.0 Å². The van der Waals surface area contributed by atoms with E-state index in [9.17, 15) is 9.90 Å². The Morgan fingerprint density at radius 2 is 1.88 bits per heavy atom. The topological polar surface area (TPSA) is 56.2 Å². The monoisotopic (exact) mass is 493 g/mol. The maximum absolute atomic E-state index is 13.4. The summed E-state index contributed by atoms with van der Waals surface area (Å²) in [5.41, 5.74) is 2.50. The summed E-state index contributed by atoms with van der Waals surface area (Å²) >= 11 is 12.2. The lowest BCUT2D eigenvalue weighted by Gasteiger charge is -2.38. The van der Waals surface area contributed by atoms with E-state index in [1.54, 1.807) is 11.0 Å². The van der Waals surface area contributed by atoms with Crippen molar-refractivity contribution in [3.05, 3.63) is 57.6 Å². The number of rotatable bonds is 7. The molecule has 2 aromatic rings. The van der Waals surface area contributed by atoms with Crippen molar-refractivity contribution in [3.8, 4) is 5.75 Å². The van der Waals surface area contributed by atoms with Gasteiger partial charge in [0.1, 0.15) is 11.9 Å². The molecule has 1 N–H and O–H groups in total. The van der Waals surface area contributed by atoms with Crippen molar-refractivity contribution in [2.45, 2.75) is 32.5 Å². The molecule has 1 aliphatic heterocycles. The molecule has 1 amide bonds. The number of nitrogens with zero attached hydrogens (tertiary/aromatic N) is 3. The number of hydrogen-bond acceptors (Lipinski definition) is 5. The Kier molecular flexibility index (Phi) is 8.51. The normalized spacial score (nSPS) is 19.5. The van der Waals surface area contributed by atoms with Crippen LogP contribution < -0.4 is 9.64 Å². The van der Waals surface area contributed by atoms with Crippen LogP contribution in [0, 0.1) is 5.92 Å². The highest BCUT2D eigenvalue weighted by Gasteiger charge is 2.33. The van der Waals surface area contributed by atoms with Gasteiger partial charge in [0.25, 0.3) is 5.91 Å². The number of aliphatic hydroxyl groups excluding tert-OH is 1. The Morgan fingerprint density at radius 1 is 1.15 bits per heavy atom. The first kappa shape index (κ1) is 25.6. The van der Waals surface area contributed by atoms with Crippen molar-refractivity contribution >= 4 is 34.8 Å². The summed E-state index contributed by atoms with van der Waals surface area (Å²) in [6, 6.07) is 11.0. The number of fused-ring (bicyclic) bond motifs is 1. The minimum Gasteiger partial charge on any atom is -0.488 e. The third-order valence-corrected chi connectivity index (χ3v) is 6.83. The third-order valence-electron chi connectivity index (χ3n) is 6.09. The molecule has 180 valence electrons. The fraction of sp³-hybridized carbons (Fsp3) is 0.480. The molecule has 8 heteroatoms. The van der Waals surface area contributed by atoms with Gasteiger partial charge in [-0.25, -0.2) is 0 Å². The van der Waals surface area contributed by atoms with Gasteiger partial charge < -0.3 is 19.6 Å². The first-order valence-corrected chi connectivity index (χ1v) is 11.9. The molecule has 1 aliphatic rings. The van der Waals surface area contributed by atoms with E-state index in [4.69, 9.17) is 27.9 Å². The quantitative estimate of drug-likeness (QED) is 0.618. The standard InChI is InChI=1S/C25H33Cl2N3O3/c1-16-12-30(17(2)15-31)25(32)20-11-19(28(3)4)7-9-23(20)33-24(16)14-29(5)13-18-6-8-21(26)22(27)10-18/h6-11,16-17,24,31H,12-15H2,1-5H3/t16-,17+,24-/m0/s1. The maximum atomic E-state index is 13.4. The van der Waals surface area contributed by atoms with Crippen LogP contribution in [0.1, 0.15) is 29.8 Å². The molecule has 0 saturated carbocycles. The van der Waals surface area contributed by atoms with E-state index in [2.05, 4.69) is 11.8 Å². The molecule has 0 unspecified atom stereocenters. The summed E-state index contributed by atoms with van der Waals surface area (Å²) in [4.78, 5) is 19.3. The average molecular weight is 494 g/mol. The number of halogens is 2. The first-order chi connectivity index (χ1) is 15.6. The smallest absolute Gasteiger partial charge is 0.258 e. The van der Waals surface area contributed by atoms with Gasteiger partial charge in [0.15, 0.2) is 0 Å². The van der Waals surface area contributed by atoms with E-state index in [1.165, 1.54) is 0 Å². The van der Waals surface area contributed by atoms with Crippen LogP contribution in [-0.4, -0.2) is 73.8 Å². The number of aliphatic hydroxyl groups is 1. The molecular weight excluding hydrogens is 461 g/mol. The van der Waals surface area contributed by atoms with E-state index < -0.39 is 0 Å². The number of ether oxygens (including phenoxy) is 1. The Balaban J connectivity index is 1.88. The third kappa shape index (κ3) is 6.12. The van der Waals surface area contributed by atoms with Gasteiger partial charge in [0.05, 0.1) is 28.3 Å². The van der Waals surface area contributed by atoms with Gasteiger partial charge in [-0.2, -0.15) is 0 Å². The summed E-state index contributed by atoms with van der Waals surface area (Å²) in [6.45, 7) is 5.70. The van der Waals surface area contributed by atoms with Gasteiger partial charge in [0.2, 0.25) is 0 Å². The van der Waals surface area contributed by atoms with Crippen molar-refractivity contribution in [1.29, 1.82) is 0 Å². The summed E-state index contributed by atoms with van der Waals surface area (Å²) < 4.78 is 6.45. The molecule has 3 atom stereocenters. The van der Waals surface area contributed by atoms with Crippen LogP contribution in [0.15, 0.2) is 36.4 Å². The molecule has 0 fully saturated rings. The highest BCUT2D eigenvalue weighted by atomic mass is 35.5. The van der Waals surface area contributed by atoms with Gasteiger partial charge in [0, 0.05) is 45.3 Å². The SMILES string of the molecule is C[C@H](CO)N1C[C@H](C)[C@H](CN(C)Cc2ccc(Cl)c(Cl)c2)Oc2ccc(N(C)C)cc2C1=O. The highest BCUT2D eigenvalue weighted by molar-refractivity contribution is 6.42. The molecule has 3 rings (SSSR count). The Morgan fingerprint density at radius 3 is 2.52 bits per heavy atom. The molecule has 33 heavy (non-hydrogen) atoms. The van der Waals surface area contributed by atoms with Crippen LogP contribution in [0.5, 0.6) is 5.75 Å². The molecule has 0 aromatic heterocycles. The van der Waals surface area contributed by atoms with Crippen LogP contribution >= 0.6 is 23.2 Å². The molecule has 0 saturated heterocycles. The van der Waals surface area contributed by atoms with Crippen LogP contribution in [0.25, 0.3) is 0 Å². The van der Waals surface area contributed by atoms with Crippen LogP contribution in [0.4, 0.5) is 5.69 Å². The summed E-state index contributed by atoms with van der Waals surface area (Å²) in [7, 11) is 5.91. The zero-order chi connectivity index (χ0) is 24.3. The van der Waals surface area contributed by atoms with Crippen molar-refractivity contribution in [3.63, 3.8) is 0 Å². The average Bonchev–Trinajstić information content (AvgIpc) is 2.77. The number of carbonyl (C=O) groups excluding carboxylic acids is 1. The largest absolute Gasteiger partial charge is 0.488 e. The van der Waals surface area contributed by atoms with Gasteiger partial charge in [-0.15, -0.1) is 0 Å². The molecule has 0 bridgehead atoms. The number of likely N-dealkylation sites (N-methyl/N-ethyl adjacent to an activating group) is 1. The summed E-state index contributed by atoms with van der Waals surface area (Å²) in [5.74, 6) is 0.505. The Bertz CT molecular complexity index is 985. The van der Waals surface area contributed by atoms with Gasteiger partial charge in [-0.3, -0.25) is 9.69 Å². The van der Waals surface area contributed by atoms with E-state index >= 15 is 0 Å². The summed E-state index contributed by atoms with van der Waals surface area (Å²) in [5, 5.41) is 10.9. The molecule has 0 radical (unpaired) electrons. The second-order valence-electron chi connectivity index (χ2n) is 9.14. The Labute approximate surface area is 206 Å². The van der Waals surface area contributed by atoms with Crippen molar-refractivity contribution in [1.82, 2.24) is 9.80 Å². The minimum atomic E-state index is -0.288. The fourth-order valence-electron chi connectivity index (χ4n) is 4.03. The van der Waals surface area contributed by atoms with E-state index in [1.807, 2.05) is 63.3 Å². The first-order valence-electron chi connectivity index (χ1n) is 11.1. The Hall–Kier alpha value is -1.99. The second-order valence-corrected chi connectivity index (χ2v) is 9.96. The lowest BCUT2D eigenvalue weighted by molar-refractivity contribution is 0.0341. The van der Waals surface area contributed by atoms with Crippen molar-refractivity contribution in [2.75, 3.05) is 45.7 Å². The second kappa shape index (κ2) is 11.0. The lowest BCUT2D eigenvalue weighted by Crippen LogP contribution is -2.49. The number of amides is 1. The number of anilines is 1. The molecule has 0 aliphatic carbocycles. The number of hydrogen-bond donors (Lipinski definition) is 1. The van der Waals surface area contributed by atoms with Crippen LogP contribution in [-0.2, 0) is 6.54 Å². The molecule has 6 nitrogen and oxygen atoms in total. The summed E-state index contributed by atoms with van der Waals surface area (Å²) in [6.07, 6.45) is -0.150. The molecule has 0 spiro atoms. The lowest BCUT2D eigenvalue weighted by atomic mass is 9.99. The number of carbonyl (C=O) groups is 1. The molecular formula is C25H33Cl2N3O3. The fourth-order valence-corrected chi connectivity index (χ4v) is 4.35.